The maximum atomic E-state index is 10.2. The molecule has 0 aliphatic rings. The molecule has 13 heavy (non-hydrogen) atoms. The molecular formula is C5H10N3O4P. The van der Waals surface area contributed by atoms with Gasteiger partial charge >= 0.3 is 7.82 Å². The van der Waals surface area contributed by atoms with E-state index in [9.17, 15) is 4.57 Å². The van der Waals surface area contributed by atoms with Gasteiger partial charge in [0.15, 0.2) is 0 Å². The molecular weight excluding hydrogens is 197 g/mol. The molecule has 0 radical (unpaired) electrons. The van der Waals surface area contributed by atoms with Crippen molar-refractivity contribution in [3.8, 4) is 0 Å². The summed E-state index contributed by atoms with van der Waals surface area (Å²) in [5, 5.41) is 3.81. The predicted molar refractivity (Wildman–Crippen MR) is 42.6 cm³/mol. The van der Waals surface area contributed by atoms with Gasteiger partial charge in [-0.2, -0.15) is 5.10 Å². The van der Waals surface area contributed by atoms with Crippen molar-refractivity contribution in [3.05, 3.63) is 12.7 Å². The number of hydrogen-bond acceptors (Lipinski definition) is 4. The van der Waals surface area contributed by atoms with Crippen molar-refractivity contribution in [2.24, 2.45) is 0 Å². The molecule has 0 unspecified atom stereocenters. The zero-order chi connectivity index (χ0) is 9.73. The Balaban J connectivity index is 2.12. The minimum Gasteiger partial charge on any atom is -0.303 e. The molecule has 74 valence electrons. The fourth-order valence-electron chi connectivity index (χ4n) is 0.758. The van der Waals surface area contributed by atoms with Gasteiger partial charge in [-0.25, -0.2) is 9.55 Å². The molecule has 0 spiro atoms. The molecule has 0 aliphatic carbocycles. The van der Waals surface area contributed by atoms with E-state index in [1.54, 1.807) is 4.68 Å². The van der Waals surface area contributed by atoms with Gasteiger partial charge in [-0.1, -0.05) is 0 Å². The van der Waals surface area contributed by atoms with E-state index in [4.69, 9.17) is 9.79 Å². The topological polar surface area (TPSA) is 97.5 Å². The zero-order valence-corrected chi connectivity index (χ0v) is 7.67. The number of nitrogens with zero attached hydrogens (tertiary/aromatic N) is 3. The van der Waals surface area contributed by atoms with E-state index in [2.05, 4.69) is 14.6 Å². The largest absolute Gasteiger partial charge is 0.469 e. The maximum absolute atomic E-state index is 10.2. The standard InChI is InChI=1S/C5H10N3O4P/c9-13(10,11)12-3-1-2-8-5-6-4-7-8/h4-5H,1-3H2,(H2,9,10,11). The number of phosphoric ester groups is 1. The van der Waals surface area contributed by atoms with Gasteiger partial charge < -0.3 is 9.79 Å². The summed E-state index contributed by atoms with van der Waals surface area (Å²) < 4.78 is 16.0. The van der Waals surface area contributed by atoms with Crippen molar-refractivity contribution >= 4 is 7.82 Å². The minimum absolute atomic E-state index is 0.00410. The summed E-state index contributed by atoms with van der Waals surface area (Å²) in [6.45, 7) is 0.532. The molecule has 0 saturated carbocycles. The smallest absolute Gasteiger partial charge is 0.303 e. The minimum atomic E-state index is -4.32. The highest BCUT2D eigenvalue weighted by atomic mass is 31.2. The first-order valence-electron chi connectivity index (χ1n) is 3.60. The molecule has 0 bridgehead atoms. The average molecular weight is 207 g/mol. The van der Waals surface area contributed by atoms with Crippen molar-refractivity contribution < 1.29 is 18.9 Å². The van der Waals surface area contributed by atoms with Crippen LogP contribution in [-0.2, 0) is 15.6 Å². The quantitative estimate of drug-likeness (QED) is 0.511. The van der Waals surface area contributed by atoms with Crippen molar-refractivity contribution in [1.29, 1.82) is 0 Å². The Morgan fingerprint density at radius 1 is 1.54 bits per heavy atom. The molecule has 8 heteroatoms. The van der Waals surface area contributed by atoms with Crippen LogP contribution in [0.25, 0.3) is 0 Å². The van der Waals surface area contributed by atoms with E-state index in [1.807, 2.05) is 0 Å². The van der Waals surface area contributed by atoms with E-state index >= 15 is 0 Å². The Kier molecular flexibility index (Phi) is 3.56. The third-order valence-corrected chi connectivity index (χ3v) is 1.78. The molecule has 1 aromatic heterocycles. The predicted octanol–water partition coefficient (Wildman–Crippen LogP) is -0.223. The summed E-state index contributed by atoms with van der Waals surface area (Å²) in [6.07, 6.45) is 3.40. The third-order valence-electron chi connectivity index (χ3n) is 1.26. The van der Waals surface area contributed by atoms with Crippen LogP contribution < -0.4 is 0 Å². The second-order valence-corrected chi connectivity index (χ2v) is 3.58. The van der Waals surface area contributed by atoms with Gasteiger partial charge in [0.1, 0.15) is 12.7 Å². The first kappa shape index (κ1) is 10.3. The first-order chi connectivity index (χ1) is 6.08. The summed E-state index contributed by atoms with van der Waals surface area (Å²) in [4.78, 5) is 20.4. The summed E-state index contributed by atoms with van der Waals surface area (Å²) >= 11 is 0. The summed E-state index contributed by atoms with van der Waals surface area (Å²) in [6, 6.07) is 0. The van der Waals surface area contributed by atoms with Crippen molar-refractivity contribution in [2.45, 2.75) is 13.0 Å². The number of phosphoric acid groups is 1. The zero-order valence-electron chi connectivity index (χ0n) is 6.78. The van der Waals surface area contributed by atoms with Crippen LogP contribution in [0.15, 0.2) is 12.7 Å². The summed E-state index contributed by atoms with van der Waals surface area (Å²) in [5.41, 5.74) is 0. The third kappa shape index (κ3) is 4.74. The van der Waals surface area contributed by atoms with Gasteiger partial charge in [-0.05, 0) is 6.42 Å². The molecule has 1 aromatic rings. The first-order valence-corrected chi connectivity index (χ1v) is 5.13. The Labute approximate surface area is 74.6 Å². The van der Waals surface area contributed by atoms with Gasteiger partial charge in [0.25, 0.3) is 0 Å². The lowest BCUT2D eigenvalue weighted by atomic mass is 10.5. The van der Waals surface area contributed by atoms with E-state index in [0.717, 1.165) is 0 Å². The molecule has 0 aromatic carbocycles. The maximum Gasteiger partial charge on any atom is 0.469 e. The Morgan fingerprint density at radius 2 is 2.31 bits per heavy atom. The molecule has 2 N–H and O–H groups in total. The second-order valence-electron chi connectivity index (χ2n) is 2.34. The van der Waals surface area contributed by atoms with Crippen LogP contribution in [0, 0.1) is 0 Å². The van der Waals surface area contributed by atoms with Gasteiger partial charge in [0.05, 0.1) is 6.61 Å². The van der Waals surface area contributed by atoms with Gasteiger partial charge in [-0.3, -0.25) is 9.21 Å². The van der Waals surface area contributed by atoms with E-state index in [-0.39, 0.29) is 6.61 Å². The van der Waals surface area contributed by atoms with Crippen LogP contribution in [0.1, 0.15) is 6.42 Å². The molecule has 0 fully saturated rings. The summed E-state index contributed by atoms with van der Waals surface area (Å²) in [5.74, 6) is 0. The van der Waals surface area contributed by atoms with Crippen LogP contribution >= 0.6 is 7.82 Å². The van der Waals surface area contributed by atoms with Crippen LogP contribution in [0.2, 0.25) is 0 Å². The van der Waals surface area contributed by atoms with Gasteiger partial charge in [0.2, 0.25) is 0 Å². The van der Waals surface area contributed by atoms with Gasteiger partial charge in [0, 0.05) is 6.54 Å². The molecule has 0 amide bonds. The Morgan fingerprint density at radius 3 is 2.85 bits per heavy atom. The number of rotatable bonds is 5. The summed E-state index contributed by atoms with van der Waals surface area (Å²) in [7, 11) is -4.32. The van der Waals surface area contributed by atoms with Crippen LogP contribution in [0.5, 0.6) is 0 Å². The molecule has 1 rings (SSSR count). The fourth-order valence-corrected chi connectivity index (χ4v) is 1.13. The van der Waals surface area contributed by atoms with Crippen LogP contribution in [0.4, 0.5) is 0 Å². The van der Waals surface area contributed by atoms with Crippen molar-refractivity contribution in [3.63, 3.8) is 0 Å². The van der Waals surface area contributed by atoms with Crippen LogP contribution in [-0.4, -0.2) is 31.2 Å². The SMILES string of the molecule is O=P(O)(O)OCCCn1cncn1. The molecule has 0 aliphatic heterocycles. The highest BCUT2D eigenvalue weighted by Crippen LogP contribution is 2.35. The van der Waals surface area contributed by atoms with Gasteiger partial charge in [-0.15, -0.1) is 0 Å². The molecule has 0 saturated heterocycles. The van der Waals surface area contributed by atoms with E-state index in [1.165, 1.54) is 12.7 Å². The molecule has 1 heterocycles. The van der Waals surface area contributed by atoms with E-state index < -0.39 is 7.82 Å². The lowest BCUT2D eigenvalue weighted by Gasteiger charge is -2.04. The average Bonchev–Trinajstić information content (AvgIpc) is 2.48. The number of hydrogen-bond donors (Lipinski definition) is 2. The normalized spacial score (nSPS) is 11.8. The Hall–Kier alpha value is -0.750. The van der Waals surface area contributed by atoms with Crippen molar-refractivity contribution in [1.82, 2.24) is 14.8 Å². The number of aromatic nitrogens is 3. The second kappa shape index (κ2) is 4.48. The van der Waals surface area contributed by atoms with E-state index in [0.29, 0.717) is 13.0 Å². The Bertz CT molecular complexity index is 282. The highest BCUT2D eigenvalue weighted by Gasteiger charge is 2.12. The lowest BCUT2D eigenvalue weighted by Crippen LogP contribution is -2.02. The number of aryl methyl sites for hydroxylation is 1. The highest BCUT2D eigenvalue weighted by molar-refractivity contribution is 7.46. The molecule has 7 nitrogen and oxygen atoms in total. The lowest BCUT2D eigenvalue weighted by molar-refractivity contribution is 0.191. The fraction of sp³-hybridized carbons (Fsp3) is 0.600. The monoisotopic (exact) mass is 207 g/mol. The molecule has 0 atom stereocenters. The van der Waals surface area contributed by atoms with Crippen molar-refractivity contribution in [2.75, 3.05) is 6.61 Å². The van der Waals surface area contributed by atoms with Crippen LogP contribution in [0.3, 0.4) is 0 Å².